The maximum atomic E-state index is 2.42. The van der Waals surface area contributed by atoms with E-state index >= 15 is 0 Å². The molecule has 72 valence electrons. The molecule has 0 nitrogen and oxygen atoms in total. The Bertz CT molecular complexity index is 117. The Hall–Kier alpha value is 0. The predicted octanol–water partition coefficient (Wildman–Crippen LogP) is 4.25. The normalized spacial score (nSPS) is 36.8. The number of rotatable bonds is 3. The lowest BCUT2D eigenvalue weighted by atomic mass is 9.72. The van der Waals surface area contributed by atoms with E-state index in [2.05, 4.69) is 20.8 Å². The highest BCUT2D eigenvalue weighted by Gasteiger charge is 2.26. The molecule has 0 heterocycles. The van der Waals surface area contributed by atoms with E-state index in [-0.39, 0.29) is 0 Å². The summed E-state index contributed by atoms with van der Waals surface area (Å²) in [5, 5.41) is 0. The van der Waals surface area contributed by atoms with Crippen LogP contribution in [0.15, 0.2) is 0 Å². The molecule has 3 atom stereocenters. The molecule has 0 radical (unpaired) electrons. The summed E-state index contributed by atoms with van der Waals surface area (Å²) in [5.74, 6) is 3.12. The summed E-state index contributed by atoms with van der Waals surface area (Å²) in [4.78, 5) is 0. The van der Waals surface area contributed by atoms with Gasteiger partial charge in [0, 0.05) is 0 Å². The molecule has 0 aromatic heterocycles. The smallest absolute Gasteiger partial charge is 0.0386 e. The van der Waals surface area contributed by atoms with Crippen LogP contribution in [0.25, 0.3) is 0 Å². The maximum absolute atomic E-state index is 2.42. The van der Waals surface area contributed by atoms with Crippen LogP contribution in [0.4, 0.5) is 0 Å². The molecular formula is C12H24. The lowest BCUT2D eigenvalue weighted by Gasteiger charge is -2.34. The fourth-order valence-corrected chi connectivity index (χ4v) is 2.81. The van der Waals surface area contributed by atoms with E-state index in [0.29, 0.717) is 0 Å². The standard InChI is InChI=1S/C12H24/c1-4-6-12-8-7-10(3)9-11(12)5-2/h10-12H,4-9H2,1-3H3. The molecule has 0 saturated heterocycles. The molecule has 0 aromatic rings. The van der Waals surface area contributed by atoms with Crippen LogP contribution in [0.5, 0.6) is 0 Å². The lowest BCUT2D eigenvalue weighted by molar-refractivity contribution is 0.173. The van der Waals surface area contributed by atoms with Crippen molar-refractivity contribution in [1.29, 1.82) is 0 Å². The molecular weight excluding hydrogens is 144 g/mol. The van der Waals surface area contributed by atoms with Crippen LogP contribution in [0.2, 0.25) is 0 Å². The first-order chi connectivity index (χ1) is 5.77. The van der Waals surface area contributed by atoms with E-state index in [1.54, 1.807) is 0 Å². The van der Waals surface area contributed by atoms with Crippen molar-refractivity contribution in [1.82, 2.24) is 0 Å². The van der Waals surface area contributed by atoms with Crippen LogP contribution in [-0.4, -0.2) is 0 Å². The summed E-state index contributed by atoms with van der Waals surface area (Å²) < 4.78 is 0. The molecule has 1 aliphatic carbocycles. The fourth-order valence-electron chi connectivity index (χ4n) is 2.81. The third kappa shape index (κ3) is 2.50. The maximum Gasteiger partial charge on any atom is -0.0386 e. The molecule has 1 fully saturated rings. The Kier molecular flexibility index (Phi) is 4.11. The summed E-state index contributed by atoms with van der Waals surface area (Å²) in [6.07, 6.45) is 8.77. The average Bonchev–Trinajstić information content (AvgIpc) is 2.08. The van der Waals surface area contributed by atoms with Crippen LogP contribution >= 0.6 is 0 Å². The van der Waals surface area contributed by atoms with Gasteiger partial charge in [-0.05, 0) is 30.6 Å². The number of hydrogen-bond donors (Lipinski definition) is 0. The highest BCUT2D eigenvalue weighted by molar-refractivity contribution is 4.77. The second kappa shape index (κ2) is 4.89. The monoisotopic (exact) mass is 168 g/mol. The minimum atomic E-state index is 1.00. The molecule has 12 heavy (non-hydrogen) atoms. The quantitative estimate of drug-likeness (QED) is 0.591. The molecule has 3 unspecified atom stereocenters. The van der Waals surface area contributed by atoms with Crippen molar-refractivity contribution < 1.29 is 0 Å². The highest BCUT2D eigenvalue weighted by Crippen LogP contribution is 2.37. The zero-order valence-electron chi connectivity index (χ0n) is 8.97. The zero-order chi connectivity index (χ0) is 8.97. The SMILES string of the molecule is CCCC1CCC(C)CC1CC. The van der Waals surface area contributed by atoms with Crippen molar-refractivity contribution in [2.75, 3.05) is 0 Å². The van der Waals surface area contributed by atoms with Crippen LogP contribution in [0.3, 0.4) is 0 Å². The first kappa shape index (κ1) is 10.1. The van der Waals surface area contributed by atoms with Gasteiger partial charge in [-0.3, -0.25) is 0 Å². The Morgan fingerprint density at radius 3 is 2.42 bits per heavy atom. The van der Waals surface area contributed by atoms with Crippen molar-refractivity contribution in [2.24, 2.45) is 17.8 Å². The first-order valence-electron chi connectivity index (χ1n) is 5.77. The van der Waals surface area contributed by atoms with Gasteiger partial charge in [0.2, 0.25) is 0 Å². The summed E-state index contributed by atoms with van der Waals surface area (Å²) in [6, 6.07) is 0. The Labute approximate surface area is 77.7 Å². The van der Waals surface area contributed by atoms with Crippen LogP contribution < -0.4 is 0 Å². The third-order valence-electron chi connectivity index (χ3n) is 3.59. The van der Waals surface area contributed by atoms with Gasteiger partial charge in [-0.1, -0.05) is 46.5 Å². The van der Waals surface area contributed by atoms with Gasteiger partial charge < -0.3 is 0 Å². The van der Waals surface area contributed by atoms with Gasteiger partial charge in [-0.15, -0.1) is 0 Å². The molecule has 0 N–H and O–H groups in total. The van der Waals surface area contributed by atoms with Crippen molar-refractivity contribution in [3.8, 4) is 0 Å². The van der Waals surface area contributed by atoms with Gasteiger partial charge in [-0.2, -0.15) is 0 Å². The second-order valence-electron chi connectivity index (χ2n) is 4.64. The van der Waals surface area contributed by atoms with E-state index in [1.807, 2.05) is 0 Å². The molecule has 1 aliphatic rings. The van der Waals surface area contributed by atoms with Gasteiger partial charge in [0.1, 0.15) is 0 Å². The zero-order valence-corrected chi connectivity index (χ0v) is 8.97. The molecule has 0 amide bonds. The summed E-state index contributed by atoms with van der Waals surface area (Å²) in [5.41, 5.74) is 0. The molecule has 1 saturated carbocycles. The van der Waals surface area contributed by atoms with Gasteiger partial charge in [-0.25, -0.2) is 0 Å². The van der Waals surface area contributed by atoms with E-state index in [1.165, 1.54) is 38.5 Å². The van der Waals surface area contributed by atoms with Crippen molar-refractivity contribution >= 4 is 0 Å². The predicted molar refractivity (Wildman–Crippen MR) is 55.2 cm³/mol. The summed E-state index contributed by atoms with van der Waals surface area (Å²) >= 11 is 0. The summed E-state index contributed by atoms with van der Waals surface area (Å²) in [6.45, 7) is 7.11. The highest BCUT2D eigenvalue weighted by atomic mass is 14.3. The first-order valence-corrected chi connectivity index (χ1v) is 5.77. The number of hydrogen-bond acceptors (Lipinski definition) is 0. The van der Waals surface area contributed by atoms with E-state index in [9.17, 15) is 0 Å². The Balaban J connectivity index is 2.39. The topological polar surface area (TPSA) is 0 Å². The van der Waals surface area contributed by atoms with Crippen LogP contribution in [0, 0.1) is 17.8 Å². The second-order valence-corrected chi connectivity index (χ2v) is 4.64. The lowest BCUT2D eigenvalue weighted by Crippen LogP contribution is -2.23. The van der Waals surface area contributed by atoms with Gasteiger partial charge in [0.05, 0.1) is 0 Å². The fraction of sp³-hybridized carbons (Fsp3) is 1.00. The average molecular weight is 168 g/mol. The van der Waals surface area contributed by atoms with Gasteiger partial charge >= 0.3 is 0 Å². The van der Waals surface area contributed by atoms with Gasteiger partial charge in [0.25, 0.3) is 0 Å². The largest absolute Gasteiger partial charge is 0.0654 e. The molecule has 0 aromatic carbocycles. The van der Waals surface area contributed by atoms with Crippen molar-refractivity contribution in [2.45, 2.75) is 59.3 Å². The Morgan fingerprint density at radius 2 is 1.83 bits per heavy atom. The molecule has 0 spiro atoms. The minimum absolute atomic E-state index is 1.00. The molecule has 0 heteroatoms. The van der Waals surface area contributed by atoms with Crippen LogP contribution in [-0.2, 0) is 0 Å². The van der Waals surface area contributed by atoms with E-state index < -0.39 is 0 Å². The summed E-state index contributed by atoms with van der Waals surface area (Å²) in [7, 11) is 0. The molecule has 1 rings (SSSR count). The van der Waals surface area contributed by atoms with Crippen molar-refractivity contribution in [3.05, 3.63) is 0 Å². The third-order valence-corrected chi connectivity index (χ3v) is 3.59. The van der Waals surface area contributed by atoms with Crippen LogP contribution in [0.1, 0.15) is 59.3 Å². The Morgan fingerprint density at radius 1 is 1.08 bits per heavy atom. The van der Waals surface area contributed by atoms with Gasteiger partial charge in [0.15, 0.2) is 0 Å². The molecule has 0 aliphatic heterocycles. The van der Waals surface area contributed by atoms with Crippen molar-refractivity contribution in [3.63, 3.8) is 0 Å². The minimum Gasteiger partial charge on any atom is -0.0654 e. The van der Waals surface area contributed by atoms with E-state index in [4.69, 9.17) is 0 Å². The van der Waals surface area contributed by atoms with E-state index in [0.717, 1.165) is 17.8 Å². The molecule has 0 bridgehead atoms.